The second-order valence-corrected chi connectivity index (χ2v) is 5.88. The third-order valence-electron chi connectivity index (χ3n) is 4.11. The molecule has 7 heteroatoms. The number of hydrogen-bond donors (Lipinski definition) is 2. The molecule has 2 heterocycles. The number of piperidine rings is 1. The molecule has 1 aromatic carbocycles. The van der Waals surface area contributed by atoms with Gasteiger partial charge >= 0.3 is 0 Å². The van der Waals surface area contributed by atoms with Gasteiger partial charge in [0, 0.05) is 25.2 Å². The Morgan fingerprint density at radius 2 is 2.00 bits per heavy atom. The van der Waals surface area contributed by atoms with Crippen molar-refractivity contribution in [3.05, 3.63) is 47.3 Å². The third-order valence-corrected chi connectivity index (χ3v) is 4.11. The molecule has 2 N–H and O–H groups in total. The topological polar surface area (TPSA) is 95.7 Å². The van der Waals surface area contributed by atoms with Gasteiger partial charge in [0.15, 0.2) is 5.69 Å². The van der Waals surface area contributed by atoms with Gasteiger partial charge in [-0.15, -0.1) is 0 Å². The Labute approximate surface area is 139 Å². The van der Waals surface area contributed by atoms with Crippen LogP contribution in [0.5, 0.6) is 5.75 Å². The molecule has 1 saturated heterocycles. The molecule has 0 aliphatic carbocycles. The van der Waals surface area contributed by atoms with E-state index < -0.39 is 0 Å². The normalized spacial score (nSPS) is 15.3. The smallest absolute Gasteiger partial charge is 0.273 e. The molecule has 24 heavy (non-hydrogen) atoms. The zero-order chi connectivity index (χ0) is 17.1. The minimum Gasteiger partial charge on any atom is -0.507 e. The number of aromatic nitrogens is 1. The summed E-state index contributed by atoms with van der Waals surface area (Å²) in [7, 11) is 0. The lowest BCUT2D eigenvalue weighted by Gasteiger charge is -2.32. The first-order valence-corrected chi connectivity index (χ1v) is 7.86. The summed E-state index contributed by atoms with van der Waals surface area (Å²) in [5, 5.41) is 16.4. The van der Waals surface area contributed by atoms with Crippen molar-refractivity contribution in [1.29, 1.82) is 0 Å². The first kappa shape index (κ1) is 16.0. The highest BCUT2D eigenvalue weighted by Crippen LogP contribution is 2.20. The standard InChI is InChI=1S/C17H19N3O4/c1-11-10-14(19-24-11)16(22)18-12-6-8-20(9-7-12)17(23)13-4-2-3-5-15(13)21/h2-5,10,12,21H,6-9H2,1H3,(H,18,22). The van der Waals surface area contributed by atoms with Gasteiger partial charge in [-0.1, -0.05) is 17.3 Å². The average Bonchev–Trinajstić information content (AvgIpc) is 3.02. The number of benzene rings is 1. The Balaban J connectivity index is 1.55. The van der Waals surface area contributed by atoms with Crippen LogP contribution in [0.1, 0.15) is 39.4 Å². The number of likely N-dealkylation sites (tertiary alicyclic amines) is 1. The quantitative estimate of drug-likeness (QED) is 0.894. The van der Waals surface area contributed by atoms with Gasteiger partial charge in [0.05, 0.1) is 5.56 Å². The minimum atomic E-state index is -0.266. The summed E-state index contributed by atoms with van der Waals surface area (Å²) >= 11 is 0. The number of rotatable bonds is 3. The predicted molar refractivity (Wildman–Crippen MR) is 85.7 cm³/mol. The molecule has 0 radical (unpaired) electrons. The molecule has 1 aliphatic rings. The zero-order valence-corrected chi connectivity index (χ0v) is 13.4. The fourth-order valence-corrected chi connectivity index (χ4v) is 2.78. The van der Waals surface area contributed by atoms with Crippen LogP contribution < -0.4 is 5.32 Å². The highest BCUT2D eigenvalue weighted by Gasteiger charge is 2.26. The molecule has 1 aromatic heterocycles. The number of amides is 2. The van der Waals surface area contributed by atoms with Crippen LogP contribution in [0.4, 0.5) is 0 Å². The number of nitrogens with zero attached hydrogens (tertiary/aromatic N) is 2. The second kappa shape index (κ2) is 6.74. The Kier molecular flexibility index (Phi) is 4.50. The molecule has 1 fully saturated rings. The highest BCUT2D eigenvalue weighted by atomic mass is 16.5. The van der Waals surface area contributed by atoms with Crippen molar-refractivity contribution in [2.24, 2.45) is 0 Å². The first-order chi connectivity index (χ1) is 11.5. The number of aromatic hydroxyl groups is 1. The number of nitrogens with one attached hydrogen (secondary N) is 1. The van der Waals surface area contributed by atoms with Gasteiger partial charge in [-0.2, -0.15) is 0 Å². The number of para-hydroxylation sites is 1. The van der Waals surface area contributed by atoms with Gasteiger partial charge in [-0.3, -0.25) is 9.59 Å². The highest BCUT2D eigenvalue weighted by molar-refractivity contribution is 5.97. The molecule has 0 atom stereocenters. The van der Waals surface area contributed by atoms with E-state index in [0.717, 1.165) is 0 Å². The van der Waals surface area contributed by atoms with Crippen LogP contribution in [-0.4, -0.2) is 46.1 Å². The fourth-order valence-electron chi connectivity index (χ4n) is 2.78. The van der Waals surface area contributed by atoms with Gasteiger partial charge in [0.1, 0.15) is 11.5 Å². The van der Waals surface area contributed by atoms with Crippen LogP contribution in [0, 0.1) is 6.92 Å². The molecule has 0 unspecified atom stereocenters. The van der Waals surface area contributed by atoms with Gasteiger partial charge in [-0.05, 0) is 31.9 Å². The van der Waals surface area contributed by atoms with Gasteiger partial charge in [0.25, 0.3) is 11.8 Å². The number of carbonyl (C=O) groups excluding carboxylic acids is 2. The molecule has 7 nitrogen and oxygen atoms in total. The number of phenolic OH excluding ortho intramolecular Hbond substituents is 1. The third kappa shape index (κ3) is 3.40. The van der Waals surface area contributed by atoms with E-state index in [1.165, 1.54) is 6.07 Å². The molecule has 2 aromatic rings. The van der Waals surface area contributed by atoms with Crippen LogP contribution in [0.3, 0.4) is 0 Å². The van der Waals surface area contributed by atoms with E-state index in [0.29, 0.717) is 37.3 Å². The summed E-state index contributed by atoms with van der Waals surface area (Å²) < 4.78 is 4.90. The van der Waals surface area contributed by atoms with E-state index in [1.54, 1.807) is 36.1 Å². The van der Waals surface area contributed by atoms with Crippen molar-refractivity contribution in [3.63, 3.8) is 0 Å². The molecule has 1 aliphatic heterocycles. The summed E-state index contributed by atoms with van der Waals surface area (Å²) in [5.41, 5.74) is 0.568. The van der Waals surface area contributed by atoms with Gasteiger partial charge < -0.3 is 19.8 Å². The van der Waals surface area contributed by atoms with Crippen molar-refractivity contribution in [3.8, 4) is 5.75 Å². The van der Waals surface area contributed by atoms with E-state index in [9.17, 15) is 14.7 Å². The van der Waals surface area contributed by atoms with E-state index >= 15 is 0 Å². The molecule has 0 bridgehead atoms. The lowest BCUT2D eigenvalue weighted by atomic mass is 10.0. The lowest BCUT2D eigenvalue weighted by Crippen LogP contribution is -2.46. The number of aryl methyl sites for hydroxylation is 1. The average molecular weight is 329 g/mol. The van der Waals surface area contributed by atoms with Crippen LogP contribution in [0.25, 0.3) is 0 Å². The van der Waals surface area contributed by atoms with Crippen molar-refractivity contribution in [2.75, 3.05) is 13.1 Å². The Morgan fingerprint density at radius 1 is 1.29 bits per heavy atom. The van der Waals surface area contributed by atoms with E-state index in [4.69, 9.17) is 4.52 Å². The van der Waals surface area contributed by atoms with Crippen molar-refractivity contribution in [1.82, 2.24) is 15.4 Å². The molecule has 3 rings (SSSR count). The first-order valence-electron chi connectivity index (χ1n) is 7.86. The molecule has 126 valence electrons. The van der Waals surface area contributed by atoms with Crippen LogP contribution >= 0.6 is 0 Å². The van der Waals surface area contributed by atoms with Crippen molar-refractivity contribution >= 4 is 11.8 Å². The maximum absolute atomic E-state index is 12.4. The van der Waals surface area contributed by atoms with E-state index in [1.807, 2.05) is 0 Å². The molecular weight excluding hydrogens is 310 g/mol. The zero-order valence-electron chi connectivity index (χ0n) is 13.4. The largest absolute Gasteiger partial charge is 0.507 e. The van der Waals surface area contributed by atoms with Crippen LogP contribution in [0.2, 0.25) is 0 Å². The summed E-state index contributed by atoms with van der Waals surface area (Å²) in [6.45, 7) is 2.78. The second-order valence-electron chi connectivity index (χ2n) is 5.88. The summed E-state index contributed by atoms with van der Waals surface area (Å²) in [6, 6.07) is 8.09. The monoisotopic (exact) mass is 329 g/mol. The van der Waals surface area contributed by atoms with Crippen molar-refractivity contribution < 1.29 is 19.2 Å². The van der Waals surface area contributed by atoms with Gasteiger partial charge in [-0.25, -0.2) is 0 Å². The Hall–Kier alpha value is -2.83. The Morgan fingerprint density at radius 3 is 2.62 bits per heavy atom. The predicted octanol–water partition coefficient (Wildman–Crippen LogP) is 1.72. The lowest BCUT2D eigenvalue weighted by molar-refractivity contribution is 0.0694. The number of phenols is 1. The maximum Gasteiger partial charge on any atom is 0.273 e. The molecule has 2 amide bonds. The Bertz CT molecular complexity index is 748. The van der Waals surface area contributed by atoms with E-state index in [2.05, 4.69) is 10.5 Å². The van der Waals surface area contributed by atoms with Gasteiger partial charge in [0.2, 0.25) is 0 Å². The summed E-state index contributed by atoms with van der Waals surface area (Å²) in [6.07, 6.45) is 1.31. The summed E-state index contributed by atoms with van der Waals surface area (Å²) in [4.78, 5) is 26.2. The van der Waals surface area contributed by atoms with Crippen LogP contribution in [0.15, 0.2) is 34.9 Å². The molecule has 0 spiro atoms. The SMILES string of the molecule is Cc1cc(C(=O)NC2CCN(C(=O)c3ccccc3O)CC2)no1. The number of carbonyl (C=O) groups is 2. The van der Waals surface area contributed by atoms with Crippen molar-refractivity contribution in [2.45, 2.75) is 25.8 Å². The minimum absolute atomic E-state index is 0.0112. The van der Waals surface area contributed by atoms with E-state index in [-0.39, 0.29) is 29.3 Å². The van der Waals surface area contributed by atoms with Crippen LogP contribution in [-0.2, 0) is 0 Å². The maximum atomic E-state index is 12.4. The molecule has 0 saturated carbocycles. The number of hydrogen-bond acceptors (Lipinski definition) is 5. The fraction of sp³-hybridized carbons (Fsp3) is 0.353. The summed E-state index contributed by atoms with van der Waals surface area (Å²) in [5.74, 6) is 0.116. The molecular formula is C17H19N3O4.